The number of aryl methyl sites for hydroxylation is 4. The molecule has 7 heteroatoms. The molecule has 1 amide bonds. The number of benzene rings is 2. The summed E-state index contributed by atoms with van der Waals surface area (Å²) in [5.74, 6) is 0.718. The van der Waals surface area contributed by atoms with Gasteiger partial charge in [0.2, 0.25) is 11.1 Å². The Morgan fingerprint density at radius 2 is 1.81 bits per heavy atom. The average molecular weight is 446 g/mol. The fourth-order valence-electron chi connectivity index (χ4n) is 3.61. The fraction of sp³-hybridized carbons (Fsp3) is 0.280. The van der Waals surface area contributed by atoms with Crippen LogP contribution in [0.5, 0.6) is 0 Å². The molecule has 0 aliphatic heterocycles. The normalized spacial score (nSPS) is 11.1. The molecule has 32 heavy (non-hydrogen) atoms. The lowest BCUT2D eigenvalue weighted by Crippen LogP contribution is -2.14. The molecule has 0 atom stereocenters. The Balaban J connectivity index is 1.47. The number of nitrogens with zero attached hydrogens (tertiary/aromatic N) is 4. The van der Waals surface area contributed by atoms with Crippen molar-refractivity contribution >= 4 is 29.1 Å². The first-order valence-electron chi connectivity index (χ1n) is 10.7. The number of aromatic nitrogens is 4. The maximum absolute atomic E-state index is 12.4. The highest BCUT2D eigenvalue weighted by molar-refractivity contribution is 7.99. The van der Waals surface area contributed by atoms with Gasteiger partial charge in [-0.05, 0) is 56.0 Å². The molecule has 2 aromatic carbocycles. The first kappa shape index (κ1) is 22.0. The molecule has 0 radical (unpaired) electrons. The molecule has 0 spiro atoms. The van der Waals surface area contributed by atoms with Gasteiger partial charge in [-0.3, -0.25) is 4.79 Å². The fourth-order valence-corrected chi connectivity index (χ4v) is 4.23. The van der Waals surface area contributed by atoms with Crippen molar-refractivity contribution in [3.05, 3.63) is 82.2 Å². The standard InChI is InChI=1S/C25H27N5OS/c1-5-19-7-6-8-21(13-19)27-23(31)15-32-25-28-24-26-17(3)22(18(4)30(24)29-25)14-20-11-9-16(2)10-12-20/h6-13H,5,14-15H2,1-4H3,(H,27,31). The van der Waals surface area contributed by atoms with Crippen molar-refractivity contribution in [1.82, 2.24) is 19.6 Å². The summed E-state index contributed by atoms with van der Waals surface area (Å²) < 4.78 is 1.78. The molecule has 0 bridgehead atoms. The van der Waals surface area contributed by atoms with E-state index in [9.17, 15) is 4.79 Å². The third-order valence-corrected chi connectivity index (χ3v) is 6.32. The minimum atomic E-state index is -0.0805. The second-order valence-electron chi connectivity index (χ2n) is 7.92. The number of anilines is 1. The Morgan fingerprint density at radius 3 is 2.56 bits per heavy atom. The van der Waals surface area contributed by atoms with Crippen LogP contribution >= 0.6 is 11.8 Å². The summed E-state index contributed by atoms with van der Waals surface area (Å²) in [5, 5.41) is 8.09. The highest BCUT2D eigenvalue weighted by Crippen LogP contribution is 2.21. The first-order chi connectivity index (χ1) is 15.4. The van der Waals surface area contributed by atoms with Crippen molar-refractivity contribution in [2.75, 3.05) is 11.1 Å². The molecular weight excluding hydrogens is 418 g/mol. The van der Waals surface area contributed by atoms with Crippen molar-refractivity contribution in [3.63, 3.8) is 0 Å². The SMILES string of the molecule is CCc1cccc(NC(=O)CSc2nc3nc(C)c(Cc4ccc(C)cc4)c(C)n3n2)c1. The monoisotopic (exact) mass is 445 g/mol. The number of thioether (sulfide) groups is 1. The molecule has 164 valence electrons. The summed E-state index contributed by atoms with van der Waals surface area (Å²) in [7, 11) is 0. The zero-order valence-corrected chi connectivity index (χ0v) is 19.7. The van der Waals surface area contributed by atoms with Gasteiger partial charge in [0.25, 0.3) is 5.78 Å². The summed E-state index contributed by atoms with van der Waals surface area (Å²) in [6.45, 7) is 8.23. The molecule has 6 nitrogen and oxygen atoms in total. The van der Waals surface area contributed by atoms with Crippen LogP contribution in [0, 0.1) is 20.8 Å². The Morgan fingerprint density at radius 1 is 1.03 bits per heavy atom. The lowest BCUT2D eigenvalue weighted by Gasteiger charge is -2.10. The second kappa shape index (κ2) is 9.53. The van der Waals surface area contributed by atoms with Gasteiger partial charge in [-0.1, -0.05) is 60.6 Å². The number of fused-ring (bicyclic) bond motifs is 1. The van der Waals surface area contributed by atoms with Crippen LogP contribution in [0.15, 0.2) is 53.7 Å². The number of hydrogen-bond acceptors (Lipinski definition) is 5. The maximum Gasteiger partial charge on any atom is 0.253 e. The predicted octanol–water partition coefficient (Wildman–Crippen LogP) is 4.93. The summed E-state index contributed by atoms with van der Waals surface area (Å²) in [5.41, 5.74) is 7.61. The predicted molar refractivity (Wildman–Crippen MR) is 129 cm³/mol. The number of rotatable bonds is 7. The van der Waals surface area contributed by atoms with E-state index < -0.39 is 0 Å². The Kier molecular flexibility index (Phi) is 6.55. The van der Waals surface area contributed by atoms with E-state index in [4.69, 9.17) is 0 Å². The minimum absolute atomic E-state index is 0.0805. The minimum Gasteiger partial charge on any atom is -0.325 e. The van der Waals surface area contributed by atoms with E-state index in [1.54, 1.807) is 4.52 Å². The summed E-state index contributed by atoms with van der Waals surface area (Å²) >= 11 is 1.31. The lowest BCUT2D eigenvalue weighted by atomic mass is 10.0. The van der Waals surface area contributed by atoms with Gasteiger partial charge in [-0.2, -0.15) is 4.98 Å². The highest BCUT2D eigenvalue weighted by atomic mass is 32.2. The van der Waals surface area contributed by atoms with Crippen molar-refractivity contribution < 1.29 is 4.79 Å². The van der Waals surface area contributed by atoms with E-state index in [-0.39, 0.29) is 11.7 Å². The molecular formula is C25H27N5OS. The van der Waals surface area contributed by atoms with E-state index in [2.05, 4.69) is 64.6 Å². The van der Waals surface area contributed by atoms with E-state index in [0.29, 0.717) is 10.9 Å². The van der Waals surface area contributed by atoms with E-state index in [1.807, 2.05) is 32.0 Å². The molecule has 1 N–H and O–H groups in total. The van der Waals surface area contributed by atoms with Crippen LogP contribution in [-0.4, -0.2) is 31.2 Å². The van der Waals surface area contributed by atoms with Gasteiger partial charge in [0, 0.05) is 23.5 Å². The number of nitrogens with one attached hydrogen (secondary N) is 1. The smallest absolute Gasteiger partial charge is 0.253 e. The molecule has 2 aromatic heterocycles. The topological polar surface area (TPSA) is 72.2 Å². The summed E-state index contributed by atoms with van der Waals surface area (Å²) in [6.07, 6.45) is 1.73. The lowest BCUT2D eigenvalue weighted by molar-refractivity contribution is -0.113. The Labute approximate surface area is 192 Å². The first-order valence-corrected chi connectivity index (χ1v) is 11.7. The van der Waals surface area contributed by atoms with Crippen LogP contribution in [0.2, 0.25) is 0 Å². The van der Waals surface area contributed by atoms with Crippen molar-refractivity contribution in [1.29, 1.82) is 0 Å². The van der Waals surface area contributed by atoms with Crippen molar-refractivity contribution in [3.8, 4) is 0 Å². The largest absolute Gasteiger partial charge is 0.325 e. The van der Waals surface area contributed by atoms with Crippen LogP contribution in [0.3, 0.4) is 0 Å². The zero-order chi connectivity index (χ0) is 22.7. The Bertz CT molecular complexity index is 1260. The van der Waals surface area contributed by atoms with Crippen LogP contribution in [0.4, 0.5) is 5.69 Å². The van der Waals surface area contributed by atoms with Crippen LogP contribution in [0.25, 0.3) is 5.78 Å². The van der Waals surface area contributed by atoms with Gasteiger partial charge in [-0.25, -0.2) is 9.50 Å². The van der Waals surface area contributed by atoms with Gasteiger partial charge in [0.05, 0.1) is 5.75 Å². The molecule has 4 aromatic rings. The van der Waals surface area contributed by atoms with E-state index in [1.165, 1.54) is 28.5 Å². The maximum atomic E-state index is 12.4. The molecule has 0 saturated carbocycles. The number of amides is 1. The van der Waals surface area contributed by atoms with Gasteiger partial charge < -0.3 is 5.32 Å². The third kappa shape index (κ3) is 4.99. The highest BCUT2D eigenvalue weighted by Gasteiger charge is 2.15. The molecule has 0 saturated heterocycles. The molecule has 0 aliphatic carbocycles. The van der Waals surface area contributed by atoms with Crippen molar-refractivity contribution in [2.24, 2.45) is 0 Å². The van der Waals surface area contributed by atoms with Gasteiger partial charge in [0.1, 0.15) is 0 Å². The molecule has 0 fully saturated rings. The number of carbonyl (C=O) groups is 1. The summed E-state index contributed by atoms with van der Waals surface area (Å²) in [6, 6.07) is 16.4. The zero-order valence-electron chi connectivity index (χ0n) is 18.8. The third-order valence-electron chi connectivity index (χ3n) is 5.48. The molecule has 2 heterocycles. The van der Waals surface area contributed by atoms with Crippen molar-refractivity contribution in [2.45, 2.75) is 45.7 Å². The van der Waals surface area contributed by atoms with E-state index in [0.717, 1.165) is 35.5 Å². The average Bonchev–Trinajstić information content (AvgIpc) is 3.19. The van der Waals surface area contributed by atoms with Gasteiger partial charge >= 0.3 is 0 Å². The molecule has 0 aliphatic rings. The van der Waals surface area contributed by atoms with Crippen LogP contribution in [-0.2, 0) is 17.6 Å². The van der Waals surface area contributed by atoms with Gasteiger partial charge in [0.15, 0.2) is 0 Å². The Hall–Kier alpha value is -3.19. The molecule has 0 unspecified atom stereocenters. The van der Waals surface area contributed by atoms with E-state index >= 15 is 0 Å². The van der Waals surface area contributed by atoms with Gasteiger partial charge in [-0.15, -0.1) is 5.10 Å². The second-order valence-corrected chi connectivity index (χ2v) is 8.86. The number of carbonyl (C=O) groups excluding carboxylic acids is 1. The molecule has 4 rings (SSSR count). The quantitative estimate of drug-likeness (QED) is 0.408. The van der Waals surface area contributed by atoms with Crippen LogP contribution < -0.4 is 5.32 Å². The van der Waals surface area contributed by atoms with Crippen LogP contribution in [0.1, 0.15) is 40.6 Å². The summed E-state index contributed by atoms with van der Waals surface area (Å²) in [4.78, 5) is 21.6. The number of hydrogen-bond donors (Lipinski definition) is 1.